The number of ether oxygens (including phenoxy) is 3. The maximum Gasteiger partial charge on any atom is 0.225 e. The molecule has 7 nitrogen and oxygen atoms in total. The summed E-state index contributed by atoms with van der Waals surface area (Å²) in [6.07, 6.45) is 6.03. The Balaban J connectivity index is 1.56. The number of aromatic nitrogens is 1. The van der Waals surface area contributed by atoms with Crippen LogP contribution in [-0.2, 0) is 9.53 Å². The molecule has 0 bridgehead atoms. The fourth-order valence-electron chi connectivity index (χ4n) is 5.10. The van der Waals surface area contributed by atoms with Crippen molar-refractivity contribution in [3.05, 3.63) is 23.9 Å². The molecule has 0 radical (unpaired) electrons. The molecule has 1 aromatic heterocycles. The van der Waals surface area contributed by atoms with Crippen molar-refractivity contribution >= 4 is 22.5 Å². The molecule has 2 N–H and O–H groups in total. The molecule has 2 fully saturated rings. The maximum atomic E-state index is 13.2. The number of methoxy groups -OCH3 is 3. The number of nitrogen functional groups attached to an aromatic ring is 1. The van der Waals surface area contributed by atoms with Crippen LogP contribution >= 0.6 is 0 Å². The molecule has 1 aliphatic carbocycles. The summed E-state index contributed by atoms with van der Waals surface area (Å²) in [5, 5.41) is 0.912. The Morgan fingerprint density at radius 2 is 1.84 bits per heavy atom. The number of rotatable bonds is 5. The molecule has 1 saturated carbocycles. The lowest BCUT2D eigenvalue weighted by Crippen LogP contribution is -2.44. The van der Waals surface area contributed by atoms with Crippen LogP contribution in [0.15, 0.2) is 18.2 Å². The van der Waals surface area contributed by atoms with Crippen LogP contribution in [0.5, 0.6) is 11.5 Å². The number of hydrogen-bond acceptors (Lipinski definition) is 6. The number of amides is 1. The van der Waals surface area contributed by atoms with Crippen LogP contribution in [0, 0.1) is 5.92 Å². The highest BCUT2D eigenvalue weighted by atomic mass is 16.5. The molecule has 1 amide bonds. The van der Waals surface area contributed by atoms with Crippen molar-refractivity contribution in [3.63, 3.8) is 0 Å². The first-order valence-electron chi connectivity index (χ1n) is 11.2. The third kappa shape index (κ3) is 4.42. The van der Waals surface area contributed by atoms with E-state index in [1.165, 1.54) is 0 Å². The number of carbonyl (C=O) groups is 1. The third-order valence-corrected chi connectivity index (χ3v) is 6.81. The summed E-state index contributed by atoms with van der Waals surface area (Å²) in [5.41, 5.74) is 8.78. The van der Waals surface area contributed by atoms with E-state index in [1.54, 1.807) is 21.3 Å². The Hall–Kier alpha value is -2.54. The minimum atomic E-state index is 0.0658. The Morgan fingerprint density at radius 3 is 2.58 bits per heavy atom. The molecular weight excluding hydrogens is 394 g/mol. The number of carbonyl (C=O) groups excluding carboxylic acids is 1. The zero-order chi connectivity index (χ0) is 22.0. The number of pyridine rings is 1. The van der Waals surface area contributed by atoms with Gasteiger partial charge in [0.15, 0.2) is 11.5 Å². The zero-order valence-electron chi connectivity index (χ0n) is 18.7. The lowest BCUT2D eigenvalue weighted by molar-refractivity contribution is -0.139. The van der Waals surface area contributed by atoms with Crippen molar-refractivity contribution < 1.29 is 19.0 Å². The van der Waals surface area contributed by atoms with Crippen LogP contribution in [-0.4, -0.2) is 56.3 Å². The van der Waals surface area contributed by atoms with Gasteiger partial charge in [-0.15, -0.1) is 0 Å². The monoisotopic (exact) mass is 427 g/mol. The number of nitrogens with two attached hydrogens (primary N) is 1. The Labute approximate surface area is 183 Å². The van der Waals surface area contributed by atoms with Crippen LogP contribution in [0.3, 0.4) is 0 Å². The standard InChI is InChI=1S/C24H33N3O4/c1-29-18-8-4-6-15(10-18)24(28)27-9-5-7-16(14-27)23-19(25)11-17-12-21(30-2)22(31-3)13-20(17)26-23/h11-13,15-16,18H,4-10,14,25H2,1-3H3/t15-,16+,18-/m0/s1. The van der Waals surface area contributed by atoms with Crippen molar-refractivity contribution in [3.8, 4) is 11.5 Å². The average Bonchev–Trinajstić information content (AvgIpc) is 2.82. The quantitative estimate of drug-likeness (QED) is 0.782. The van der Waals surface area contributed by atoms with Crippen LogP contribution < -0.4 is 15.2 Å². The average molecular weight is 428 g/mol. The molecule has 168 valence electrons. The van der Waals surface area contributed by atoms with Gasteiger partial charge < -0.3 is 24.8 Å². The molecule has 1 aromatic carbocycles. The molecule has 1 saturated heterocycles. The summed E-state index contributed by atoms with van der Waals surface area (Å²) in [5.74, 6) is 1.76. The van der Waals surface area contributed by atoms with E-state index >= 15 is 0 Å². The van der Waals surface area contributed by atoms with Crippen LogP contribution in [0.2, 0.25) is 0 Å². The van der Waals surface area contributed by atoms with Crippen molar-refractivity contribution in [1.29, 1.82) is 0 Å². The lowest BCUT2D eigenvalue weighted by Gasteiger charge is -2.37. The molecule has 0 unspecified atom stereocenters. The second-order valence-corrected chi connectivity index (χ2v) is 8.71. The molecule has 2 heterocycles. The lowest BCUT2D eigenvalue weighted by atomic mass is 9.85. The number of fused-ring (bicyclic) bond motifs is 1. The normalized spacial score (nSPS) is 24.2. The topological polar surface area (TPSA) is 86.9 Å². The third-order valence-electron chi connectivity index (χ3n) is 6.81. The number of likely N-dealkylation sites (tertiary alicyclic amines) is 1. The zero-order valence-corrected chi connectivity index (χ0v) is 18.7. The molecule has 4 rings (SSSR count). The summed E-state index contributed by atoms with van der Waals surface area (Å²) >= 11 is 0. The van der Waals surface area contributed by atoms with Gasteiger partial charge in [0.1, 0.15) is 0 Å². The summed E-state index contributed by atoms with van der Waals surface area (Å²) < 4.78 is 16.4. The molecule has 0 spiro atoms. The van der Waals surface area contributed by atoms with Crippen molar-refractivity contribution in [2.45, 2.75) is 50.5 Å². The van der Waals surface area contributed by atoms with Gasteiger partial charge in [-0.25, -0.2) is 0 Å². The second-order valence-electron chi connectivity index (χ2n) is 8.71. The number of hydrogen-bond donors (Lipinski definition) is 1. The van der Waals surface area contributed by atoms with Gasteiger partial charge in [-0.05, 0) is 44.2 Å². The van der Waals surface area contributed by atoms with Gasteiger partial charge in [-0.1, -0.05) is 6.42 Å². The van der Waals surface area contributed by atoms with Gasteiger partial charge in [-0.2, -0.15) is 0 Å². The molecule has 1 aliphatic heterocycles. The van der Waals surface area contributed by atoms with Gasteiger partial charge in [0.2, 0.25) is 5.91 Å². The van der Waals surface area contributed by atoms with E-state index in [4.69, 9.17) is 24.9 Å². The first kappa shape index (κ1) is 21.7. The predicted molar refractivity (Wildman–Crippen MR) is 121 cm³/mol. The van der Waals surface area contributed by atoms with Gasteiger partial charge in [0, 0.05) is 43.5 Å². The number of nitrogens with zero attached hydrogens (tertiary/aromatic N) is 2. The van der Waals surface area contributed by atoms with Crippen LogP contribution in [0.25, 0.3) is 10.9 Å². The first-order chi connectivity index (χ1) is 15.0. The maximum absolute atomic E-state index is 13.2. The minimum absolute atomic E-state index is 0.0658. The number of piperidine rings is 1. The largest absolute Gasteiger partial charge is 0.493 e. The van der Waals surface area contributed by atoms with E-state index in [2.05, 4.69) is 0 Å². The number of anilines is 1. The summed E-state index contributed by atoms with van der Waals surface area (Å²) in [7, 11) is 4.97. The minimum Gasteiger partial charge on any atom is -0.493 e. The van der Waals surface area contributed by atoms with E-state index in [0.717, 1.165) is 61.7 Å². The Morgan fingerprint density at radius 1 is 1.06 bits per heavy atom. The molecule has 7 heteroatoms. The van der Waals surface area contributed by atoms with E-state index in [-0.39, 0.29) is 23.8 Å². The highest BCUT2D eigenvalue weighted by Crippen LogP contribution is 2.37. The molecular formula is C24H33N3O4. The second kappa shape index (κ2) is 9.30. The van der Waals surface area contributed by atoms with Gasteiger partial charge in [0.05, 0.1) is 37.2 Å². The van der Waals surface area contributed by atoms with E-state index in [1.807, 2.05) is 23.1 Å². The Bertz CT molecular complexity index is 948. The van der Waals surface area contributed by atoms with Gasteiger partial charge >= 0.3 is 0 Å². The predicted octanol–water partition coefficient (Wildman–Crippen LogP) is 3.75. The molecule has 31 heavy (non-hydrogen) atoms. The van der Waals surface area contributed by atoms with Crippen LogP contribution in [0.4, 0.5) is 5.69 Å². The smallest absolute Gasteiger partial charge is 0.225 e. The molecule has 3 atom stereocenters. The van der Waals surface area contributed by atoms with Crippen molar-refractivity contribution in [1.82, 2.24) is 9.88 Å². The summed E-state index contributed by atoms with van der Waals surface area (Å²) in [6.45, 7) is 1.48. The SMILES string of the molecule is COc1cc2cc(N)c([C@@H]3CCCN(C(=O)[C@H]4CCC[C@H](OC)C4)C3)nc2cc1OC. The first-order valence-corrected chi connectivity index (χ1v) is 11.2. The molecule has 2 aliphatic rings. The fourth-order valence-corrected chi connectivity index (χ4v) is 5.10. The van der Waals surface area contributed by atoms with Gasteiger partial charge in [0.25, 0.3) is 0 Å². The van der Waals surface area contributed by atoms with E-state index < -0.39 is 0 Å². The highest BCUT2D eigenvalue weighted by Gasteiger charge is 2.34. The van der Waals surface area contributed by atoms with E-state index in [9.17, 15) is 4.79 Å². The number of benzene rings is 1. The molecule has 2 aromatic rings. The summed E-state index contributed by atoms with van der Waals surface area (Å²) in [4.78, 5) is 20.2. The van der Waals surface area contributed by atoms with Crippen molar-refractivity contribution in [2.75, 3.05) is 40.2 Å². The van der Waals surface area contributed by atoms with Crippen LogP contribution in [0.1, 0.15) is 50.1 Å². The fraction of sp³-hybridized carbons (Fsp3) is 0.583. The Kier molecular flexibility index (Phi) is 6.51. The van der Waals surface area contributed by atoms with E-state index in [0.29, 0.717) is 23.7 Å². The van der Waals surface area contributed by atoms with Crippen molar-refractivity contribution in [2.24, 2.45) is 5.92 Å². The summed E-state index contributed by atoms with van der Waals surface area (Å²) in [6, 6.07) is 5.73. The van der Waals surface area contributed by atoms with Gasteiger partial charge in [-0.3, -0.25) is 9.78 Å². The highest BCUT2D eigenvalue weighted by molar-refractivity contribution is 5.86.